The van der Waals surface area contributed by atoms with Crippen molar-refractivity contribution in [3.05, 3.63) is 24.0 Å². The van der Waals surface area contributed by atoms with E-state index in [0.717, 1.165) is 43.1 Å². The number of rotatable bonds is 3. The third-order valence-corrected chi connectivity index (χ3v) is 3.68. The molecule has 0 bridgehead atoms. The summed E-state index contributed by atoms with van der Waals surface area (Å²) in [6.45, 7) is 5.41. The monoisotopic (exact) mass is 273 g/mol. The fourth-order valence-electron chi connectivity index (χ4n) is 2.73. The Morgan fingerprint density at radius 1 is 1.55 bits per heavy atom. The SMILES string of the molecule is CCc1cc(N2CC[C@@H](NC(C)=O)C2)n2nccc2n1. The summed E-state index contributed by atoms with van der Waals surface area (Å²) in [5.41, 5.74) is 1.94. The van der Waals surface area contributed by atoms with Crippen LogP contribution in [0.2, 0.25) is 0 Å². The quantitative estimate of drug-likeness (QED) is 0.906. The molecule has 0 aliphatic carbocycles. The van der Waals surface area contributed by atoms with E-state index in [-0.39, 0.29) is 11.9 Å². The number of carbonyl (C=O) groups is 1. The first-order chi connectivity index (χ1) is 9.67. The van der Waals surface area contributed by atoms with Gasteiger partial charge in [-0.2, -0.15) is 9.61 Å². The Hall–Kier alpha value is -2.11. The number of hydrogen-bond donors (Lipinski definition) is 1. The van der Waals surface area contributed by atoms with Gasteiger partial charge in [-0.3, -0.25) is 4.79 Å². The number of nitrogens with one attached hydrogen (secondary N) is 1. The van der Waals surface area contributed by atoms with E-state index in [1.807, 2.05) is 10.6 Å². The summed E-state index contributed by atoms with van der Waals surface area (Å²) >= 11 is 0. The highest BCUT2D eigenvalue weighted by Crippen LogP contribution is 2.22. The Kier molecular flexibility index (Phi) is 3.30. The largest absolute Gasteiger partial charge is 0.354 e. The fourth-order valence-corrected chi connectivity index (χ4v) is 2.73. The first kappa shape index (κ1) is 12.9. The number of nitrogens with zero attached hydrogens (tertiary/aromatic N) is 4. The van der Waals surface area contributed by atoms with E-state index in [1.165, 1.54) is 0 Å². The van der Waals surface area contributed by atoms with E-state index in [2.05, 4.69) is 33.3 Å². The van der Waals surface area contributed by atoms with Gasteiger partial charge in [0.05, 0.1) is 6.20 Å². The van der Waals surface area contributed by atoms with Crippen LogP contribution in [0.15, 0.2) is 18.3 Å². The van der Waals surface area contributed by atoms with E-state index in [0.29, 0.717) is 0 Å². The molecule has 6 heteroatoms. The molecule has 1 saturated heterocycles. The second-order valence-corrected chi connectivity index (χ2v) is 5.19. The van der Waals surface area contributed by atoms with Crippen LogP contribution in [0.1, 0.15) is 26.0 Å². The van der Waals surface area contributed by atoms with Crippen molar-refractivity contribution in [3.8, 4) is 0 Å². The van der Waals surface area contributed by atoms with Crippen LogP contribution >= 0.6 is 0 Å². The zero-order valence-electron chi connectivity index (χ0n) is 11.8. The lowest BCUT2D eigenvalue weighted by Crippen LogP contribution is -2.36. The van der Waals surface area contributed by atoms with Gasteiger partial charge in [0, 0.05) is 43.9 Å². The van der Waals surface area contributed by atoms with Gasteiger partial charge in [0.25, 0.3) is 0 Å². The Balaban J connectivity index is 1.90. The van der Waals surface area contributed by atoms with Crippen LogP contribution in [0.3, 0.4) is 0 Å². The number of carbonyl (C=O) groups excluding carboxylic acids is 1. The summed E-state index contributed by atoms with van der Waals surface area (Å²) in [5, 5.41) is 7.34. The van der Waals surface area contributed by atoms with Gasteiger partial charge < -0.3 is 10.2 Å². The molecule has 1 fully saturated rings. The summed E-state index contributed by atoms with van der Waals surface area (Å²) in [7, 11) is 0. The molecule has 20 heavy (non-hydrogen) atoms. The summed E-state index contributed by atoms with van der Waals surface area (Å²) in [6, 6.07) is 4.23. The zero-order valence-corrected chi connectivity index (χ0v) is 11.8. The van der Waals surface area contributed by atoms with E-state index in [9.17, 15) is 4.79 Å². The first-order valence-electron chi connectivity index (χ1n) is 7.03. The van der Waals surface area contributed by atoms with E-state index < -0.39 is 0 Å². The molecule has 0 radical (unpaired) electrons. The van der Waals surface area contributed by atoms with Gasteiger partial charge in [-0.05, 0) is 12.8 Å². The molecule has 1 aliphatic heterocycles. The van der Waals surface area contributed by atoms with Crippen molar-refractivity contribution in [2.75, 3.05) is 18.0 Å². The molecule has 1 atom stereocenters. The Morgan fingerprint density at radius 3 is 3.15 bits per heavy atom. The molecule has 2 aromatic heterocycles. The maximum Gasteiger partial charge on any atom is 0.217 e. The molecule has 1 amide bonds. The third kappa shape index (κ3) is 2.33. The topological polar surface area (TPSA) is 62.5 Å². The van der Waals surface area contributed by atoms with E-state index in [1.54, 1.807) is 13.1 Å². The second-order valence-electron chi connectivity index (χ2n) is 5.19. The highest BCUT2D eigenvalue weighted by Gasteiger charge is 2.25. The summed E-state index contributed by atoms with van der Waals surface area (Å²) < 4.78 is 1.87. The lowest BCUT2D eigenvalue weighted by molar-refractivity contribution is -0.119. The van der Waals surface area contributed by atoms with Gasteiger partial charge in [0.15, 0.2) is 5.65 Å². The Morgan fingerprint density at radius 2 is 2.40 bits per heavy atom. The molecule has 106 valence electrons. The second kappa shape index (κ2) is 5.11. The highest BCUT2D eigenvalue weighted by atomic mass is 16.1. The smallest absolute Gasteiger partial charge is 0.217 e. The van der Waals surface area contributed by atoms with Crippen LogP contribution in [0.5, 0.6) is 0 Å². The molecule has 3 rings (SSSR count). The first-order valence-corrected chi connectivity index (χ1v) is 7.03. The molecular formula is C14H19N5O. The van der Waals surface area contributed by atoms with Crippen molar-refractivity contribution in [2.24, 2.45) is 0 Å². The number of aryl methyl sites for hydroxylation is 1. The molecule has 0 spiro atoms. The fraction of sp³-hybridized carbons (Fsp3) is 0.500. The van der Waals surface area contributed by atoms with Gasteiger partial charge in [-0.15, -0.1) is 0 Å². The van der Waals surface area contributed by atoms with Crippen LogP contribution < -0.4 is 10.2 Å². The molecule has 0 aromatic carbocycles. The predicted molar refractivity (Wildman–Crippen MR) is 76.8 cm³/mol. The minimum Gasteiger partial charge on any atom is -0.354 e. The van der Waals surface area contributed by atoms with Gasteiger partial charge >= 0.3 is 0 Å². The molecule has 1 N–H and O–H groups in total. The van der Waals surface area contributed by atoms with Crippen LogP contribution in [0, 0.1) is 0 Å². The van der Waals surface area contributed by atoms with E-state index >= 15 is 0 Å². The number of amides is 1. The van der Waals surface area contributed by atoms with Crippen molar-refractivity contribution in [1.82, 2.24) is 19.9 Å². The maximum atomic E-state index is 11.2. The van der Waals surface area contributed by atoms with Crippen molar-refractivity contribution in [2.45, 2.75) is 32.7 Å². The van der Waals surface area contributed by atoms with Crippen LogP contribution in [0.25, 0.3) is 5.65 Å². The average Bonchev–Trinajstić information content (AvgIpc) is 3.05. The van der Waals surface area contributed by atoms with Crippen molar-refractivity contribution in [3.63, 3.8) is 0 Å². The molecule has 0 saturated carbocycles. The summed E-state index contributed by atoms with van der Waals surface area (Å²) in [4.78, 5) is 18.0. The number of aromatic nitrogens is 3. The predicted octanol–water partition coefficient (Wildman–Crippen LogP) is 1.01. The molecule has 6 nitrogen and oxygen atoms in total. The molecular weight excluding hydrogens is 254 g/mol. The van der Waals surface area contributed by atoms with E-state index in [4.69, 9.17) is 0 Å². The average molecular weight is 273 g/mol. The summed E-state index contributed by atoms with van der Waals surface area (Å²) in [5.74, 6) is 1.09. The molecule has 2 aromatic rings. The number of fused-ring (bicyclic) bond motifs is 1. The zero-order chi connectivity index (χ0) is 14.1. The van der Waals surface area contributed by atoms with Gasteiger partial charge in [-0.1, -0.05) is 6.92 Å². The normalized spacial score (nSPS) is 18.7. The lowest BCUT2D eigenvalue weighted by Gasteiger charge is -2.20. The molecule has 3 heterocycles. The van der Waals surface area contributed by atoms with Crippen molar-refractivity contribution >= 4 is 17.4 Å². The van der Waals surface area contributed by atoms with Gasteiger partial charge in [-0.25, -0.2) is 4.98 Å². The molecule has 0 unspecified atom stereocenters. The Labute approximate surface area is 117 Å². The standard InChI is InChI=1S/C14H19N5O/c1-3-11-8-14(19-13(17-11)4-6-15-19)18-7-5-12(9-18)16-10(2)20/h4,6,8,12H,3,5,7,9H2,1-2H3,(H,16,20)/t12-/m1/s1. The van der Waals surface area contributed by atoms with Crippen molar-refractivity contribution in [1.29, 1.82) is 0 Å². The van der Waals surface area contributed by atoms with Gasteiger partial charge in [0.2, 0.25) is 5.91 Å². The van der Waals surface area contributed by atoms with Crippen LogP contribution in [0.4, 0.5) is 5.82 Å². The van der Waals surface area contributed by atoms with Crippen LogP contribution in [-0.4, -0.2) is 39.6 Å². The Bertz CT molecular complexity index is 636. The van der Waals surface area contributed by atoms with Crippen LogP contribution in [-0.2, 0) is 11.2 Å². The summed E-state index contributed by atoms with van der Waals surface area (Å²) in [6.07, 6.45) is 3.64. The lowest BCUT2D eigenvalue weighted by atomic mass is 10.2. The highest BCUT2D eigenvalue weighted by molar-refractivity contribution is 5.73. The van der Waals surface area contributed by atoms with Gasteiger partial charge in [0.1, 0.15) is 5.82 Å². The minimum absolute atomic E-state index is 0.0325. The van der Waals surface area contributed by atoms with Crippen molar-refractivity contribution < 1.29 is 4.79 Å². The number of anilines is 1. The number of hydrogen-bond acceptors (Lipinski definition) is 4. The minimum atomic E-state index is 0.0325. The maximum absolute atomic E-state index is 11.2. The third-order valence-electron chi connectivity index (χ3n) is 3.68. The molecule has 1 aliphatic rings.